The highest BCUT2D eigenvalue weighted by atomic mass is 16.5. The topological polar surface area (TPSA) is 92.4 Å². The molecule has 7 heteroatoms. The molecule has 2 heterocycles. The van der Waals surface area contributed by atoms with Crippen molar-refractivity contribution in [1.29, 1.82) is 10.5 Å². The normalized spacial score (nSPS) is 17.1. The molecule has 0 saturated carbocycles. The van der Waals surface area contributed by atoms with E-state index in [1.807, 2.05) is 72.8 Å². The molecule has 1 N–H and O–H groups in total. The van der Waals surface area contributed by atoms with Crippen LogP contribution in [-0.4, -0.2) is 54.0 Å². The summed E-state index contributed by atoms with van der Waals surface area (Å²) in [5.41, 5.74) is 4.43. The molecule has 2 fully saturated rings. The third kappa shape index (κ3) is 7.48. The first-order chi connectivity index (χ1) is 19.6. The largest absolute Gasteiger partial charge is 0.490 e. The third-order valence-corrected chi connectivity index (χ3v) is 7.83. The van der Waals surface area contributed by atoms with Crippen molar-refractivity contribution in [2.45, 2.75) is 50.9 Å². The number of nitriles is 2. The predicted molar refractivity (Wildman–Crippen MR) is 153 cm³/mol. The average molecular weight is 534 g/mol. The molecular weight excluding hydrogens is 498 g/mol. The van der Waals surface area contributed by atoms with E-state index in [0.29, 0.717) is 16.7 Å². The van der Waals surface area contributed by atoms with Gasteiger partial charge in [0.05, 0.1) is 23.3 Å². The highest BCUT2D eigenvalue weighted by Crippen LogP contribution is 2.22. The Morgan fingerprint density at radius 2 is 1.30 bits per heavy atom. The Labute approximate surface area is 236 Å². The van der Waals surface area contributed by atoms with Gasteiger partial charge in [-0.25, -0.2) is 0 Å². The molecule has 3 aromatic carbocycles. The summed E-state index contributed by atoms with van der Waals surface area (Å²) < 4.78 is 6.28. The Morgan fingerprint density at radius 3 is 1.82 bits per heavy atom. The summed E-state index contributed by atoms with van der Waals surface area (Å²) in [6, 6.07) is 27.6. The molecule has 5 rings (SSSR count). The van der Waals surface area contributed by atoms with Crippen molar-refractivity contribution in [2.75, 3.05) is 26.2 Å². The van der Waals surface area contributed by atoms with Crippen molar-refractivity contribution in [2.24, 2.45) is 0 Å². The minimum absolute atomic E-state index is 0.0479. The minimum atomic E-state index is -0.0479. The van der Waals surface area contributed by atoms with Crippen LogP contribution >= 0.6 is 0 Å². The first-order valence-corrected chi connectivity index (χ1v) is 14.1. The number of likely N-dealkylation sites (tertiary alicyclic amines) is 2. The van der Waals surface area contributed by atoms with Crippen LogP contribution in [-0.2, 0) is 13.1 Å². The Kier molecular flexibility index (Phi) is 9.08. The Bertz CT molecular complexity index is 1360. The smallest absolute Gasteiger partial charge is 0.251 e. The summed E-state index contributed by atoms with van der Waals surface area (Å²) >= 11 is 0. The lowest BCUT2D eigenvalue weighted by molar-refractivity contribution is 0.0901. The van der Waals surface area contributed by atoms with Crippen molar-refractivity contribution in [1.82, 2.24) is 15.1 Å². The Hall–Kier alpha value is -4.17. The summed E-state index contributed by atoms with van der Waals surface area (Å²) in [6.45, 7) is 5.50. The molecule has 7 nitrogen and oxygen atoms in total. The summed E-state index contributed by atoms with van der Waals surface area (Å²) in [7, 11) is 0. The standard InChI is InChI=1S/C33H35N5O2/c34-21-25-4-8-27(9-5-25)23-37-16-12-30(13-17-37)36-33(39)29-2-1-3-32(20-29)40-31-14-18-38(19-15-31)24-28-10-6-26(22-35)7-11-28/h1-11,20,30-31H,12-19,23-24H2,(H,36,39). The molecule has 204 valence electrons. The molecule has 0 radical (unpaired) electrons. The molecule has 2 aliphatic heterocycles. The van der Waals surface area contributed by atoms with Crippen molar-refractivity contribution in [3.8, 4) is 17.9 Å². The first kappa shape index (κ1) is 27.4. The molecule has 0 bridgehead atoms. The number of benzene rings is 3. The van der Waals surface area contributed by atoms with Crippen LogP contribution in [0.5, 0.6) is 5.75 Å². The number of ether oxygens (including phenoxy) is 1. The molecule has 1 amide bonds. The maximum Gasteiger partial charge on any atom is 0.251 e. The number of nitrogens with one attached hydrogen (secondary N) is 1. The molecule has 0 aliphatic carbocycles. The van der Waals surface area contributed by atoms with E-state index in [1.54, 1.807) is 0 Å². The zero-order valence-electron chi connectivity index (χ0n) is 22.8. The predicted octanol–water partition coefficient (Wildman–Crippen LogP) is 4.87. The van der Waals surface area contributed by atoms with Crippen LogP contribution in [0.3, 0.4) is 0 Å². The second kappa shape index (κ2) is 13.3. The number of piperidine rings is 2. The van der Waals surface area contributed by atoms with Crippen molar-refractivity contribution in [3.63, 3.8) is 0 Å². The van der Waals surface area contributed by atoms with Crippen LogP contribution in [0.2, 0.25) is 0 Å². The highest BCUT2D eigenvalue weighted by molar-refractivity contribution is 5.94. The minimum Gasteiger partial charge on any atom is -0.490 e. The van der Waals surface area contributed by atoms with Crippen molar-refractivity contribution >= 4 is 5.91 Å². The number of carbonyl (C=O) groups excluding carboxylic acids is 1. The number of hydrogen-bond acceptors (Lipinski definition) is 6. The van der Waals surface area contributed by atoms with Gasteiger partial charge >= 0.3 is 0 Å². The van der Waals surface area contributed by atoms with Crippen LogP contribution in [0.1, 0.15) is 58.3 Å². The molecule has 0 unspecified atom stereocenters. The van der Waals surface area contributed by atoms with E-state index in [0.717, 1.165) is 70.7 Å². The second-order valence-corrected chi connectivity index (χ2v) is 10.8. The van der Waals surface area contributed by atoms with Gasteiger partial charge in [-0.05, 0) is 79.3 Å². The number of hydrogen-bond donors (Lipinski definition) is 1. The van der Waals surface area contributed by atoms with Crippen LogP contribution in [0.4, 0.5) is 0 Å². The molecule has 2 aliphatic rings. The Morgan fingerprint density at radius 1 is 0.775 bits per heavy atom. The van der Waals surface area contributed by atoms with Crippen molar-refractivity contribution in [3.05, 3.63) is 101 Å². The van der Waals surface area contributed by atoms with Crippen LogP contribution in [0, 0.1) is 22.7 Å². The molecule has 0 aromatic heterocycles. The fourth-order valence-electron chi connectivity index (χ4n) is 5.48. The molecule has 0 atom stereocenters. The fraction of sp³-hybridized carbons (Fsp3) is 0.364. The quantitative estimate of drug-likeness (QED) is 0.444. The lowest BCUT2D eigenvalue weighted by Gasteiger charge is -2.32. The van der Waals surface area contributed by atoms with Crippen molar-refractivity contribution < 1.29 is 9.53 Å². The second-order valence-electron chi connectivity index (χ2n) is 10.8. The molecule has 3 aromatic rings. The van der Waals surface area contributed by atoms with E-state index < -0.39 is 0 Å². The first-order valence-electron chi connectivity index (χ1n) is 14.1. The fourth-order valence-corrected chi connectivity index (χ4v) is 5.48. The monoisotopic (exact) mass is 533 g/mol. The van der Waals surface area contributed by atoms with E-state index >= 15 is 0 Å². The van der Waals surface area contributed by atoms with Crippen LogP contribution in [0.25, 0.3) is 0 Å². The van der Waals surface area contributed by atoms with Gasteiger partial charge in [-0.1, -0.05) is 30.3 Å². The van der Waals surface area contributed by atoms with Gasteiger partial charge in [-0.2, -0.15) is 10.5 Å². The maximum atomic E-state index is 13.0. The molecule has 2 saturated heterocycles. The SMILES string of the molecule is N#Cc1ccc(CN2CCC(NC(=O)c3cccc(OC4CCN(Cc5ccc(C#N)cc5)CC4)c3)CC2)cc1. The van der Waals surface area contributed by atoms with Gasteiger partial charge in [0.15, 0.2) is 0 Å². The van der Waals surface area contributed by atoms with Gasteiger partial charge in [0.1, 0.15) is 11.9 Å². The lowest BCUT2D eigenvalue weighted by Crippen LogP contribution is -2.44. The van der Waals surface area contributed by atoms with Crippen LogP contribution in [0.15, 0.2) is 72.8 Å². The number of carbonyl (C=O) groups is 1. The van der Waals surface area contributed by atoms with E-state index in [-0.39, 0.29) is 18.1 Å². The zero-order chi connectivity index (χ0) is 27.7. The number of nitrogens with zero attached hydrogens (tertiary/aromatic N) is 4. The van der Waals surface area contributed by atoms with E-state index in [4.69, 9.17) is 15.3 Å². The van der Waals surface area contributed by atoms with E-state index in [1.165, 1.54) is 11.1 Å². The summed E-state index contributed by atoms with van der Waals surface area (Å²) in [6.07, 6.45) is 3.84. The van der Waals surface area contributed by atoms with Gasteiger partial charge in [0.25, 0.3) is 5.91 Å². The number of rotatable bonds is 8. The van der Waals surface area contributed by atoms with Gasteiger partial charge < -0.3 is 10.1 Å². The summed E-state index contributed by atoms with van der Waals surface area (Å²) in [4.78, 5) is 17.8. The number of amides is 1. The average Bonchev–Trinajstić information content (AvgIpc) is 3.00. The van der Waals surface area contributed by atoms with E-state index in [9.17, 15) is 4.79 Å². The zero-order valence-corrected chi connectivity index (χ0v) is 22.8. The highest BCUT2D eigenvalue weighted by Gasteiger charge is 2.23. The van der Waals surface area contributed by atoms with E-state index in [2.05, 4.69) is 27.3 Å². The third-order valence-electron chi connectivity index (χ3n) is 7.83. The van der Waals surface area contributed by atoms with Gasteiger partial charge in [-0.3, -0.25) is 14.6 Å². The van der Waals surface area contributed by atoms with Gasteiger partial charge in [-0.15, -0.1) is 0 Å². The molecule has 40 heavy (non-hydrogen) atoms. The lowest BCUT2D eigenvalue weighted by atomic mass is 10.0. The van der Waals surface area contributed by atoms with Gasteiger partial charge in [0.2, 0.25) is 0 Å². The van der Waals surface area contributed by atoms with Crippen LogP contribution < -0.4 is 10.1 Å². The maximum absolute atomic E-state index is 13.0. The van der Waals surface area contributed by atoms with Gasteiger partial charge in [0, 0.05) is 50.9 Å². The Balaban J connectivity index is 1.05. The molecule has 0 spiro atoms. The summed E-state index contributed by atoms with van der Waals surface area (Å²) in [5.74, 6) is 0.698. The summed E-state index contributed by atoms with van der Waals surface area (Å²) in [5, 5.41) is 21.2. The molecular formula is C33H35N5O2.